The maximum absolute atomic E-state index is 12.1. The molecular formula is C19H25N3O2. The molecule has 1 fully saturated rings. The monoisotopic (exact) mass is 327 g/mol. The summed E-state index contributed by atoms with van der Waals surface area (Å²) in [5.74, 6) is 6.51. The van der Waals surface area contributed by atoms with Crippen LogP contribution in [0.3, 0.4) is 0 Å². The van der Waals surface area contributed by atoms with Crippen molar-refractivity contribution in [3.8, 4) is 11.8 Å². The number of nitrogens with one attached hydrogen (secondary N) is 1. The Morgan fingerprint density at radius 3 is 2.50 bits per heavy atom. The minimum atomic E-state index is -0.0743. The molecule has 3 amide bonds. The van der Waals surface area contributed by atoms with Crippen molar-refractivity contribution in [2.24, 2.45) is 5.92 Å². The van der Waals surface area contributed by atoms with Gasteiger partial charge in [-0.15, -0.1) is 0 Å². The molecule has 128 valence electrons. The number of urea groups is 1. The molecule has 0 unspecified atom stereocenters. The minimum absolute atomic E-state index is 0.0743. The van der Waals surface area contributed by atoms with Crippen LogP contribution in [0.15, 0.2) is 30.3 Å². The molecule has 5 nitrogen and oxygen atoms in total. The average molecular weight is 327 g/mol. The van der Waals surface area contributed by atoms with Crippen LogP contribution in [0.25, 0.3) is 0 Å². The van der Waals surface area contributed by atoms with Crippen molar-refractivity contribution in [1.82, 2.24) is 15.1 Å². The number of likely N-dealkylation sites (tertiary alicyclic amines) is 1. The van der Waals surface area contributed by atoms with Crippen molar-refractivity contribution in [2.45, 2.75) is 19.3 Å². The van der Waals surface area contributed by atoms with Gasteiger partial charge in [-0.25, -0.2) is 4.79 Å². The predicted molar refractivity (Wildman–Crippen MR) is 94.3 cm³/mol. The van der Waals surface area contributed by atoms with Gasteiger partial charge in [0.15, 0.2) is 0 Å². The van der Waals surface area contributed by atoms with Gasteiger partial charge in [0.1, 0.15) is 0 Å². The maximum atomic E-state index is 12.1. The fourth-order valence-electron chi connectivity index (χ4n) is 2.67. The third kappa shape index (κ3) is 5.62. The first-order chi connectivity index (χ1) is 11.6. The van der Waals surface area contributed by atoms with Crippen LogP contribution in [0.4, 0.5) is 4.79 Å². The van der Waals surface area contributed by atoms with Gasteiger partial charge in [-0.05, 0) is 30.9 Å². The molecule has 24 heavy (non-hydrogen) atoms. The lowest BCUT2D eigenvalue weighted by molar-refractivity contribution is -0.129. The van der Waals surface area contributed by atoms with E-state index in [1.54, 1.807) is 23.9 Å². The van der Waals surface area contributed by atoms with Crippen molar-refractivity contribution in [3.05, 3.63) is 35.9 Å². The molecule has 2 rings (SSSR count). The molecule has 5 heteroatoms. The Labute approximate surface area is 144 Å². The Kier molecular flexibility index (Phi) is 6.68. The van der Waals surface area contributed by atoms with Gasteiger partial charge in [-0.1, -0.05) is 30.0 Å². The van der Waals surface area contributed by atoms with Gasteiger partial charge in [0.25, 0.3) is 0 Å². The van der Waals surface area contributed by atoms with Gasteiger partial charge in [0.05, 0.1) is 6.54 Å². The zero-order valence-corrected chi connectivity index (χ0v) is 14.4. The van der Waals surface area contributed by atoms with Crippen molar-refractivity contribution in [2.75, 3.05) is 33.7 Å². The summed E-state index contributed by atoms with van der Waals surface area (Å²) in [4.78, 5) is 27.3. The largest absolute Gasteiger partial charge is 0.349 e. The molecule has 0 radical (unpaired) electrons. The first-order valence-corrected chi connectivity index (χ1v) is 8.33. The highest BCUT2D eigenvalue weighted by atomic mass is 16.2. The van der Waals surface area contributed by atoms with Crippen molar-refractivity contribution >= 4 is 11.9 Å². The van der Waals surface area contributed by atoms with Gasteiger partial charge in [0, 0.05) is 39.2 Å². The van der Waals surface area contributed by atoms with Crippen LogP contribution in [-0.2, 0) is 4.79 Å². The standard InChI is InChI=1S/C19H25N3O2/c1-21(2)18(23)15-17-10-13-22(14-11-17)19(24)20-12-6-9-16-7-4-3-5-8-16/h3-5,7-8,17H,10-15H2,1-2H3,(H,20,24). The number of amides is 3. The Bertz CT molecular complexity index is 608. The van der Waals surface area contributed by atoms with Crippen LogP contribution in [-0.4, -0.2) is 55.5 Å². The smallest absolute Gasteiger partial charge is 0.318 e. The van der Waals surface area contributed by atoms with E-state index < -0.39 is 0 Å². The summed E-state index contributed by atoms with van der Waals surface area (Å²) in [6.45, 7) is 1.74. The lowest BCUT2D eigenvalue weighted by Gasteiger charge is -2.32. The molecule has 0 aliphatic carbocycles. The lowest BCUT2D eigenvalue weighted by Crippen LogP contribution is -2.45. The molecule has 1 N–H and O–H groups in total. The number of carbonyl (C=O) groups is 2. The molecule has 0 aromatic heterocycles. The number of benzene rings is 1. The summed E-state index contributed by atoms with van der Waals surface area (Å²) in [6.07, 6.45) is 2.33. The summed E-state index contributed by atoms with van der Waals surface area (Å²) < 4.78 is 0. The molecule has 0 saturated carbocycles. The number of carbonyl (C=O) groups excluding carboxylic acids is 2. The zero-order chi connectivity index (χ0) is 17.4. The van der Waals surface area contributed by atoms with Crippen LogP contribution in [0.5, 0.6) is 0 Å². The van der Waals surface area contributed by atoms with E-state index in [-0.39, 0.29) is 11.9 Å². The summed E-state index contributed by atoms with van der Waals surface area (Å²) in [5, 5.41) is 2.83. The molecule has 1 aromatic carbocycles. The third-order valence-corrected chi connectivity index (χ3v) is 4.20. The fraction of sp³-hybridized carbons (Fsp3) is 0.474. The number of piperidine rings is 1. The Balaban J connectivity index is 1.69. The number of nitrogens with zero attached hydrogens (tertiary/aromatic N) is 2. The molecule has 0 bridgehead atoms. The molecular weight excluding hydrogens is 302 g/mol. The number of rotatable bonds is 3. The molecule has 1 heterocycles. The summed E-state index contributed by atoms with van der Waals surface area (Å²) in [6, 6.07) is 9.63. The van der Waals surface area contributed by atoms with Gasteiger partial charge in [-0.2, -0.15) is 0 Å². The van der Waals surface area contributed by atoms with Crippen LogP contribution in [0, 0.1) is 17.8 Å². The van der Waals surface area contributed by atoms with Gasteiger partial charge in [-0.3, -0.25) is 4.79 Å². The van der Waals surface area contributed by atoms with Gasteiger partial charge in [0.2, 0.25) is 5.91 Å². The molecule has 1 saturated heterocycles. The normalized spacial score (nSPS) is 14.5. The van der Waals surface area contributed by atoms with E-state index in [4.69, 9.17) is 0 Å². The second kappa shape index (κ2) is 8.97. The number of hydrogen-bond donors (Lipinski definition) is 1. The van der Waals surface area contributed by atoms with E-state index >= 15 is 0 Å². The van der Waals surface area contributed by atoms with Crippen LogP contribution >= 0.6 is 0 Å². The highest BCUT2D eigenvalue weighted by molar-refractivity contribution is 5.76. The second-order valence-electron chi connectivity index (χ2n) is 6.25. The Morgan fingerprint density at radius 2 is 1.88 bits per heavy atom. The summed E-state index contributed by atoms with van der Waals surface area (Å²) in [5.41, 5.74) is 0.943. The predicted octanol–water partition coefficient (Wildman–Crippen LogP) is 1.94. The molecule has 0 spiro atoms. The summed E-state index contributed by atoms with van der Waals surface area (Å²) in [7, 11) is 3.56. The minimum Gasteiger partial charge on any atom is -0.349 e. The van der Waals surface area contributed by atoms with Crippen molar-refractivity contribution in [1.29, 1.82) is 0 Å². The van der Waals surface area contributed by atoms with E-state index in [0.717, 1.165) is 18.4 Å². The SMILES string of the molecule is CN(C)C(=O)CC1CCN(C(=O)NCC#Cc2ccccc2)CC1. The highest BCUT2D eigenvalue weighted by Gasteiger charge is 2.24. The highest BCUT2D eigenvalue weighted by Crippen LogP contribution is 2.21. The molecule has 0 atom stereocenters. The quantitative estimate of drug-likeness (QED) is 0.863. The van der Waals surface area contributed by atoms with Gasteiger partial charge >= 0.3 is 6.03 Å². The summed E-state index contributed by atoms with van der Waals surface area (Å²) >= 11 is 0. The topological polar surface area (TPSA) is 52.7 Å². The Hall–Kier alpha value is -2.48. The second-order valence-corrected chi connectivity index (χ2v) is 6.25. The van der Waals surface area contributed by atoms with E-state index in [9.17, 15) is 9.59 Å². The third-order valence-electron chi connectivity index (χ3n) is 4.20. The maximum Gasteiger partial charge on any atom is 0.318 e. The first-order valence-electron chi connectivity index (χ1n) is 8.33. The first kappa shape index (κ1) is 17.9. The average Bonchev–Trinajstić information content (AvgIpc) is 2.60. The van der Waals surface area contributed by atoms with E-state index in [1.165, 1.54) is 0 Å². The Morgan fingerprint density at radius 1 is 1.21 bits per heavy atom. The fourth-order valence-corrected chi connectivity index (χ4v) is 2.67. The van der Waals surface area contributed by atoms with Crippen molar-refractivity contribution in [3.63, 3.8) is 0 Å². The van der Waals surface area contributed by atoms with Crippen molar-refractivity contribution < 1.29 is 9.59 Å². The van der Waals surface area contributed by atoms with Crippen LogP contribution < -0.4 is 5.32 Å². The van der Waals surface area contributed by atoms with E-state index in [1.807, 2.05) is 30.3 Å². The van der Waals surface area contributed by atoms with Crippen LogP contribution in [0.1, 0.15) is 24.8 Å². The van der Waals surface area contributed by atoms with E-state index in [0.29, 0.717) is 32.0 Å². The molecule has 1 aromatic rings. The van der Waals surface area contributed by atoms with Gasteiger partial charge < -0.3 is 15.1 Å². The van der Waals surface area contributed by atoms with Crippen LogP contribution in [0.2, 0.25) is 0 Å². The molecule has 1 aliphatic rings. The van der Waals surface area contributed by atoms with E-state index in [2.05, 4.69) is 17.2 Å². The number of hydrogen-bond acceptors (Lipinski definition) is 2. The molecule has 1 aliphatic heterocycles. The lowest BCUT2D eigenvalue weighted by atomic mass is 9.93. The zero-order valence-electron chi connectivity index (χ0n) is 14.4.